The number of aromatic nitrogens is 1. The molecular weight excluding hydrogens is 455 g/mol. The molecular formula is C20H25IN4S. The van der Waals surface area contributed by atoms with Crippen LogP contribution >= 0.6 is 35.3 Å². The van der Waals surface area contributed by atoms with Crippen LogP contribution in [0.5, 0.6) is 0 Å². The zero-order valence-electron chi connectivity index (χ0n) is 15.3. The Bertz CT molecular complexity index is 870. The van der Waals surface area contributed by atoms with Crippen molar-refractivity contribution in [3.05, 3.63) is 64.1 Å². The lowest BCUT2D eigenvalue weighted by Gasteiger charge is -2.19. The number of rotatable bonds is 5. The maximum Gasteiger partial charge on any atom is 0.191 e. The van der Waals surface area contributed by atoms with Crippen molar-refractivity contribution in [2.24, 2.45) is 4.99 Å². The molecule has 6 heteroatoms. The lowest BCUT2D eigenvalue weighted by Crippen LogP contribution is -2.38. The average molecular weight is 480 g/mol. The zero-order valence-corrected chi connectivity index (χ0v) is 18.5. The van der Waals surface area contributed by atoms with Crippen LogP contribution in [0.1, 0.15) is 36.2 Å². The fourth-order valence-electron chi connectivity index (χ4n) is 2.87. The number of nitrogens with one attached hydrogen (secondary N) is 2. The molecule has 0 bridgehead atoms. The lowest BCUT2D eigenvalue weighted by molar-refractivity contribution is 0.687. The molecule has 3 aromatic rings. The number of aliphatic imine (C=N–C) groups is 1. The van der Waals surface area contributed by atoms with Crippen molar-refractivity contribution in [1.82, 2.24) is 15.6 Å². The van der Waals surface area contributed by atoms with Crippen LogP contribution in [0, 0.1) is 0 Å². The van der Waals surface area contributed by atoms with Gasteiger partial charge in [-0.2, -0.15) is 0 Å². The highest BCUT2D eigenvalue weighted by molar-refractivity contribution is 14.0. The summed E-state index contributed by atoms with van der Waals surface area (Å²) in [6.45, 7) is 4.97. The molecule has 1 aromatic heterocycles. The Hall–Kier alpha value is -1.67. The van der Waals surface area contributed by atoms with E-state index in [4.69, 9.17) is 0 Å². The Morgan fingerprint density at radius 3 is 2.69 bits per heavy atom. The van der Waals surface area contributed by atoms with Crippen LogP contribution in [-0.2, 0) is 13.0 Å². The Balaban J connectivity index is 0.00000243. The van der Waals surface area contributed by atoms with Crippen molar-refractivity contribution in [2.75, 3.05) is 7.05 Å². The van der Waals surface area contributed by atoms with E-state index in [1.807, 2.05) is 0 Å². The van der Waals surface area contributed by atoms with Crippen LogP contribution in [-0.4, -0.2) is 18.0 Å². The number of hydrogen-bond donors (Lipinski definition) is 2. The zero-order chi connectivity index (χ0) is 17.6. The summed E-state index contributed by atoms with van der Waals surface area (Å²) in [5.41, 5.74) is 2.32. The third kappa shape index (κ3) is 4.94. The molecule has 0 amide bonds. The maximum absolute atomic E-state index is 4.59. The fraction of sp³-hybridized carbons (Fsp3) is 0.300. The van der Waals surface area contributed by atoms with Crippen LogP contribution in [0.4, 0.5) is 0 Å². The standard InChI is InChI=1S/C20H24N4S.HI/c1-4-19-24-16(13-25-19)12-22-20(21-3)23-14(2)17-11-7-9-15-8-5-6-10-18(15)17;/h5-11,13-14H,4,12H2,1-3H3,(H2,21,22,23);1H. The molecule has 4 nitrogen and oxygen atoms in total. The second-order valence-corrected chi connectivity index (χ2v) is 6.89. The summed E-state index contributed by atoms with van der Waals surface area (Å²) in [6, 6.07) is 15.0. The first-order valence-electron chi connectivity index (χ1n) is 8.59. The van der Waals surface area contributed by atoms with Gasteiger partial charge in [0.25, 0.3) is 0 Å². The predicted molar refractivity (Wildman–Crippen MR) is 123 cm³/mol. The van der Waals surface area contributed by atoms with Gasteiger partial charge in [-0.15, -0.1) is 35.3 Å². The van der Waals surface area contributed by atoms with Crippen molar-refractivity contribution in [3.63, 3.8) is 0 Å². The minimum atomic E-state index is 0. The van der Waals surface area contributed by atoms with E-state index in [1.165, 1.54) is 21.3 Å². The Labute approximate surface area is 176 Å². The summed E-state index contributed by atoms with van der Waals surface area (Å²) in [5.74, 6) is 0.784. The number of halogens is 1. The highest BCUT2D eigenvalue weighted by Gasteiger charge is 2.11. The van der Waals surface area contributed by atoms with E-state index in [1.54, 1.807) is 18.4 Å². The Kier molecular flexibility index (Phi) is 7.84. The largest absolute Gasteiger partial charge is 0.351 e. The highest BCUT2D eigenvalue weighted by Crippen LogP contribution is 2.23. The molecule has 3 rings (SSSR count). The van der Waals surface area contributed by atoms with Crippen LogP contribution in [0.15, 0.2) is 52.8 Å². The Morgan fingerprint density at radius 1 is 1.19 bits per heavy atom. The molecule has 0 aliphatic heterocycles. The fourth-order valence-corrected chi connectivity index (χ4v) is 3.62. The van der Waals surface area contributed by atoms with E-state index >= 15 is 0 Å². The van der Waals surface area contributed by atoms with Gasteiger partial charge in [0.15, 0.2) is 5.96 Å². The van der Waals surface area contributed by atoms with Gasteiger partial charge in [0.1, 0.15) is 0 Å². The maximum atomic E-state index is 4.59. The van der Waals surface area contributed by atoms with Gasteiger partial charge >= 0.3 is 0 Å². The van der Waals surface area contributed by atoms with Crippen molar-refractivity contribution >= 4 is 52.0 Å². The van der Waals surface area contributed by atoms with Crippen molar-refractivity contribution < 1.29 is 0 Å². The number of aryl methyl sites for hydroxylation is 1. The second kappa shape index (κ2) is 9.87. The summed E-state index contributed by atoms with van der Waals surface area (Å²) < 4.78 is 0. The van der Waals surface area contributed by atoms with E-state index in [9.17, 15) is 0 Å². The quantitative estimate of drug-likeness (QED) is 0.310. The van der Waals surface area contributed by atoms with Crippen molar-refractivity contribution in [2.45, 2.75) is 32.9 Å². The lowest BCUT2D eigenvalue weighted by atomic mass is 10.00. The normalized spacial score (nSPS) is 12.5. The topological polar surface area (TPSA) is 49.3 Å². The van der Waals surface area contributed by atoms with Crippen LogP contribution in [0.3, 0.4) is 0 Å². The number of fused-ring (bicyclic) bond motifs is 1. The molecule has 0 saturated heterocycles. The predicted octanol–water partition coefficient (Wildman–Crippen LogP) is 4.90. The molecule has 0 radical (unpaired) electrons. The van der Waals surface area contributed by atoms with E-state index in [-0.39, 0.29) is 30.0 Å². The number of hydrogen-bond acceptors (Lipinski definition) is 3. The van der Waals surface area contributed by atoms with Gasteiger partial charge in [0, 0.05) is 12.4 Å². The summed E-state index contributed by atoms with van der Waals surface area (Å²) in [6.07, 6.45) is 0.982. The van der Waals surface area contributed by atoms with Gasteiger partial charge in [-0.1, -0.05) is 49.4 Å². The minimum Gasteiger partial charge on any atom is -0.351 e. The molecule has 138 valence electrons. The van der Waals surface area contributed by atoms with E-state index in [2.05, 4.69) is 82.3 Å². The van der Waals surface area contributed by atoms with Gasteiger partial charge in [0.2, 0.25) is 0 Å². The molecule has 0 spiro atoms. The average Bonchev–Trinajstić information content (AvgIpc) is 3.12. The van der Waals surface area contributed by atoms with Gasteiger partial charge in [0.05, 0.1) is 23.3 Å². The van der Waals surface area contributed by atoms with Crippen LogP contribution < -0.4 is 10.6 Å². The number of thiazole rings is 1. The van der Waals surface area contributed by atoms with E-state index in [0.717, 1.165) is 18.1 Å². The third-order valence-corrected chi connectivity index (χ3v) is 5.25. The van der Waals surface area contributed by atoms with Gasteiger partial charge in [-0.25, -0.2) is 4.98 Å². The molecule has 1 heterocycles. The van der Waals surface area contributed by atoms with Gasteiger partial charge in [-0.3, -0.25) is 4.99 Å². The van der Waals surface area contributed by atoms with Gasteiger partial charge < -0.3 is 10.6 Å². The number of guanidine groups is 1. The molecule has 2 aromatic carbocycles. The smallest absolute Gasteiger partial charge is 0.191 e. The summed E-state index contributed by atoms with van der Waals surface area (Å²) >= 11 is 1.71. The summed E-state index contributed by atoms with van der Waals surface area (Å²) in [7, 11) is 1.80. The monoisotopic (exact) mass is 480 g/mol. The first-order chi connectivity index (χ1) is 12.2. The third-order valence-electron chi connectivity index (χ3n) is 4.21. The Morgan fingerprint density at radius 2 is 1.96 bits per heavy atom. The SMILES string of the molecule is CCc1nc(CNC(=NC)NC(C)c2cccc3ccccc23)cs1.I. The number of nitrogens with zero attached hydrogens (tertiary/aromatic N) is 2. The molecule has 0 fully saturated rings. The van der Waals surface area contributed by atoms with Gasteiger partial charge in [-0.05, 0) is 29.7 Å². The number of benzene rings is 2. The first kappa shape index (κ1) is 20.6. The summed E-state index contributed by atoms with van der Waals surface area (Å²) in [4.78, 5) is 8.93. The molecule has 1 atom stereocenters. The van der Waals surface area contributed by atoms with Crippen molar-refractivity contribution in [1.29, 1.82) is 0 Å². The first-order valence-corrected chi connectivity index (χ1v) is 9.47. The highest BCUT2D eigenvalue weighted by atomic mass is 127. The molecule has 1 unspecified atom stereocenters. The second-order valence-electron chi connectivity index (χ2n) is 5.95. The molecule has 0 aliphatic carbocycles. The summed E-state index contributed by atoms with van der Waals surface area (Å²) in [5, 5.41) is 12.6. The molecule has 26 heavy (non-hydrogen) atoms. The van der Waals surface area contributed by atoms with Crippen LogP contribution in [0.25, 0.3) is 10.8 Å². The van der Waals surface area contributed by atoms with Crippen molar-refractivity contribution in [3.8, 4) is 0 Å². The molecule has 0 aliphatic rings. The minimum absolute atomic E-state index is 0. The molecule has 2 N–H and O–H groups in total. The molecule has 0 saturated carbocycles. The van der Waals surface area contributed by atoms with E-state index < -0.39 is 0 Å². The van der Waals surface area contributed by atoms with E-state index in [0.29, 0.717) is 6.54 Å². The van der Waals surface area contributed by atoms with Crippen LogP contribution in [0.2, 0.25) is 0 Å².